The molecule has 0 bridgehead atoms. The fourth-order valence-corrected chi connectivity index (χ4v) is 2.04. The summed E-state index contributed by atoms with van der Waals surface area (Å²) in [5, 5.41) is 0. The van der Waals surface area contributed by atoms with E-state index in [2.05, 4.69) is 0 Å². The van der Waals surface area contributed by atoms with Gasteiger partial charge < -0.3 is 14.2 Å². The minimum Gasteiger partial charge on any atom is -0.466 e. The van der Waals surface area contributed by atoms with E-state index in [-0.39, 0.29) is 13.2 Å². The standard InChI is InChI=1S/C14H22O6/c1-6-18-11(15)8-9(12(16)19-7-2)10(8)13(17)20-14(3,4)5/h8-10H,6-7H2,1-5H3/t8-,9-/m0/s1. The molecule has 0 unspecified atom stereocenters. The van der Waals surface area contributed by atoms with Crippen LogP contribution in [0.2, 0.25) is 0 Å². The maximum absolute atomic E-state index is 12.0. The largest absolute Gasteiger partial charge is 0.466 e. The van der Waals surface area contributed by atoms with E-state index in [1.54, 1.807) is 34.6 Å². The maximum Gasteiger partial charge on any atom is 0.311 e. The Morgan fingerprint density at radius 1 is 0.800 bits per heavy atom. The molecule has 1 aliphatic carbocycles. The van der Waals surface area contributed by atoms with Gasteiger partial charge >= 0.3 is 17.9 Å². The summed E-state index contributed by atoms with van der Waals surface area (Å²) in [6, 6.07) is 0. The quantitative estimate of drug-likeness (QED) is 0.560. The Balaban J connectivity index is 2.78. The van der Waals surface area contributed by atoms with Crippen LogP contribution in [-0.4, -0.2) is 36.7 Å². The van der Waals surface area contributed by atoms with Gasteiger partial charge in [0.15, 0.2) is 0 Å². The van der Waals surface area contributed by atoms with Crippen LogP contribution in [-0.2, 0) is 28.6 Å². The topological polar surface area (TPSA) is 78.9 Å². The minimum absolute atomic E-state index is 0.200. The molecule has 1 fully saturated rings. The molecule has 0 aromatic carbocycles. The molecular weight excluding hydrogens is 264 g/mol. The van der Waals surface area contributed by atoms with Crippen LogP contribution in [0.3, 0.4) is 0 Å². The number of ether oxygens (including phenoxy) is 3. The van der Waals surface area contributed by atoms with Gasteiger partial charge in [-0.15, -0.1) is 0 Å². The zero-order valence-electron chi connectivity index (χ0n) is 12.6. The Kier molecular flexibility index (Phi) is 5.14. The Morgan fingerprint density at radius 3 is 1.45 bits per heavy atom. The lowest BCUT2D eigenvalue weighted by atomic mass is 10.2. The summed E-state index contributed by atoms with van der Waals surface area (Å²) in [7, 11) is 0. The second-order valence-electron chi connectivity index (χ2n) is 5.61. The number of hydrogen-bond acceptors (Lipinski definition) is 6. The van der Waals surface area contributed by atoms with Crippen LogP contribution in [0.1, 0.15) is 34.6 Å². The van der Waals surface area contributed by atoms with Crippen LogP contribution >= 0.6 is 0 Å². The van der Waals surface area contributed by atoms with Gasteiger partial charge in [0.2, 0.25) is 0 Å². The SMILES string of the molecule is CCOC(=O)[C@@H]1C(C(=O)OC(C)(C)C)[C@H]1C(=O)OCC. The first-order chi connectivity index (χ1) is 9.22. The molecule has 1 saturated carbocycles. The van der Waals surface area contributed by atoms with E-state index in [0.717, 1.165) is 0 Å². The Labute approximate surface area is 118 Å². The van der Waals surface area contributed by atoms with Crippen molar-refractivity contribution >= 4 is 17.9 Å². The van der Waals surface area contributed by atoms with Crippen molar-refractivity contribution in [3.63, 3.8) is 0 Å². The van der Waals surface area contributed by atoms with Crippen molar-refractivity contribution < 1.29 is 28.6 Å². The predicted octanol–water partition coefficient (Wildman–Crippen LogP) is 1.32. The predicted molar refractivity (Wildman–Crippen MR) is 69.6 cm³/mol. The van der Waals surface area contributed by atoms with E-state index in [1.807, 2.05) is 0 Å². The zero-order valence-corrected chi connectivity index (χ0v) is 12.6. The van der Waals surface area contributed by atoms with Crippen molar-refractivity contribution in [1.29, 1.82) is 0 Å². The summed E-state index contributed by atoms with van der Waals surface area (Å²) in [5.74, 6) is -4.04. The monoisotopic (exact) mass is 286 g/mol. The van der Waals surface area contributed by atoms with Crippen molar-refractivity contribution in [2.24, 2.45) is 17.8 Å². The highest BCUT2D eigenvalue weighted by Crippen LogP contribution is 2.49. The molecule has 0 aliphatic heterocycles. The van der Waals surface area contributed by atoms with Crippen LogP contribution in [0.15, 0.2) is 0 Å². The number of rotatable bonds is 5. The first kappa shape index (κ1) is 16.5. The molecule has 1 rings (SSSR count). The molecule has 0 spiro atoms. The summed E-state index contributed by atoms with van der Waals surface area (Å²) in [6.45, 7) is 8.92. The Bertz CT molecular complexity index is 371. The van der Waals surface area contributed by atoms with Gasteiger partial charge in [0.05, 0.1) is 31.0 Å². The lowest BCUT2D eigenvalue weighted by Crippen LogP contribution is -2.26. The molecule has 0 saturated heterocycles. The fraction of sp³-hybridized carbons (Fsp3) is 0.786. The van der Waals surface area contributed by atoms with E-state index in [1.165, 1.54) is 0 Å². The molecule has 114 valence electrons. The van der Waals surface area contributed by atoms with Gasteiger partial charge in [-0.2, -0.15) is 0 Å². The van der Waals surface area contributed by atoms with E-state index in [9.17, 15) is 14.4 Å². The molecule has 0 radical (unpaired) electrons. The lowest BCUT2D eigenvalue weighted by molar-refractivity contribution is -0.160. The van der Waals surface area contributed by atoms with Crippen LogP contribution in [0.25, 0.3) is 0 Å². The second-order valence-corrected chi connectivity index (χ2v) is 5.61. The molecule has 1 aliphatic rings. The molecule has 2 atom stereocenters. The van der Waals surface area contributed by atoms with Gasteiger partial charge in [0, 0.05) is 0 Å². The van der Waals surface area contributed by atoms with Gasteiger partial charge in [0.25, 0.3) is 0 Å². The molecular formula is C14H22O6. The molecule has 0 aromatic rings. The average molecular weight is 286 g/mol. The molecule has 0 aromatic heterocycles. The first-order valence-corrected chi connectivity index (χ1v) is 6.79. The Morgan fingerprint density at radius 2 is 1.15 bits per heavy atom. The molecule has 20 heavy (non-hydrogen) atoms. The van der Waals surface area contributed by atoms with E-state index in [4.69, 9.17) is 14.2 Å². The first-order valence-electron chi connectivity index (χ1n) is 6.79. The molecule has 0 heterocycles. The lowest BCUT2D eigenvalue weighted by Gasteiger charge is -2.19. The summed E-state index contributed by atoms with van der Waals surface area (Å²) in [5.41, 5.74) is -0.669. The minimum atomic E-state index is -0.799. The van der Waals surface area contributed by atoms with Crippen molar-refractivity contribution in [2.75, 3.05) is 13.2 Å². The van der Waals surface area contributed by atoms with Gasteiger partial charge in [0.1, 0.15) is 5.60 Å². The third kappa shape index (κ3) is 3.95. The van der Waals surface area contributed by atoms with E-state index >= 15 is 0 Å². The molecule has 6 heteroatoms. The van der Waals surface area contributed by atoms with E-state index < -0.39 is 41.3 Å². The van der Waals surface area contributed by atoms with Crippen LogP contribution < -0.4 is 0 Å². The van der Waals surface area contributed by atoms with Gasteiger partial charge in [-0.05, 0) is 34.6 Å². The molecule has 0 amide bonds. The third-order valence-corrected chi connectivity index (χ3v) is 2.82. The smallest absolute Gasteiger partial charge is 0.311 e. The van der Waals surface area contributed by atoms with E-state index in [0.29, 0.717) is 0 Å². The molecule has 6 nitrogen and oxygen atoms in total. The van der Waals surface area contributed by atoms with Crippen molar-refractivity contribution in [3.05, 3.63) is 0 Å². The number of carbonyl (C=O) groups is 3. The summed E-state index contributed by atoms with van der Waals surface area (Å²) in [6.07, 6.45) is 0. The van der Waals surface area contributed by atoms with Crippen molar-refractivity contribution in [1.82, 2.24) is 0 Å². The van der Waals surface area contributed by atoms with Crippen LogP contribution in [0.5, 0.6) is 0 Å². The maximum atomic E-state index is 12.0. The number of carbonyl (C=O) groups excluding carboxylic acids is 3. The summed E-state index contributed by atoms with van der Waals surface area (Å²) >= 11 is 0. The highest BCUT2D eigenvalue weighted by atomic mass is 16.6. The Hall–Kier alpha value is -1.59. The molecule has 0 N–H and O–H groups in total. The summed E-state index contributed by atoms with van der Waals surface area (Å²) < 4.78 is 15.0. The van der Waals surface area contributed by atoms with Crippen molar-refractivity contribution in [3.8, 4) is 0 Å². The average Bonchev–Trinajstić information content (AvgIpc) is 3.02. The van der Waals surface area contributed by atoms with Gasteiger partial charge in [-0.3, -0.25) is 14.4 Å². The van der Waals surface area contributed by atoms with Crippen LogP contribution in [0, 0.1) is 17.8 Å². The second kappa shape index (κ2) is 6.24. The number of hydrogen-bond donors (Lipinski definition) is 0. The number of esters is 3. The normalized spacial score (nSPS) is 24.8. The highest BCUT2D eigenvalue weighted by Gasteiger charge is 2.65. The third-order valence-electron chi connectivity index (χ3n) is 2.82. The van der Waals surface area contributed by atoms with Crippen LogP contribution in [0.4, 0.5) is 0 Å². The van der Waals surface area contributed by atoms with Crippen molar-refractivity contribution in [2.45, 2.75) is 40.2 Å². The van der Waals surface area contributed by atoms with Gasteiger partial charge in [-0.1, -0.05) is 0 Å². The van der Waals surface area contributed by atoms with Gasteiger partial charge in [-0.25, -0.2) is 0 Å². The fourth-order valence-electron chi connectivity index (χ4n) is 2.04. The highest BCUT2D eigenvalue weighted by molar-refractivity contribution is 5.97. The summed E-state index contributed by atoms with van der Waals surface area (Å²) in [4.78, 5) is 35.6. The zero-order chi connectivity index (χ0) is 15.5.